The first kappa shape index (κ1) is 15.8. The second-order valence-electron chi connectivity index (χ2n) is 1.80. The largest absolute Gasteiger partial charge is 0.0776 e. The van der Waals surface area contributed by atoms with Gasteiger partial charge in [-0.2, -0.15) is 0 Å². The SMILES string of the molecule is C.CCC(C)C.S=S. The maximum absolute atomic E-state index is 3.67. The highest BCUT2D eigenvalue weighted by molar-refractivity contribution is 8.07. The Labute approximate surface area is 63.3 Å². The monoisotopic (exact) mass is 152 g/mol. The first-order valence-electron chi connectivity index (χ1n) is 2.44. The van der Waals surface area contributed by atoms with Gasteiger partial charge in [0.1, 0.15) is 0 Å². The zero-order valence-corrected chi connectivity index (χ0v) is 6.73. The van der Waals surface area contributed by atoms with Crippen LogP contribution < -0.4 is 0 Å². The lowest BCUT2D eigenvalue weighted by atomic mass is 10.2. The Balaban J connectivity index is -0.0000000750. The average Bonchev–Trinajstić information content (AvgIpc) is 1.73. The van der Waals surface area contributed by atoms with Gasteiger partial charge < -0.3 is 0 Å². The van der Waals surface area contributed by atoms with E-state index in [1.54, 1.807) is 0 Å². The van der Waals surface area contributed by atoms with E-state index in [0.717, 1.165) is 5.92 Å². The van der Waals surface area contributed by atoms with Crippen LogP contribution in [0.2, 0.25) is 0 Å². The Morgan fingerprint density at radius 2 is 1.38 bits per heavy atom. The fraction of sp³-hybridized carbons (Fsp3) is 1.00. The maximum atomic E-state index is 3.67. The Morgan fingerprint density at radius 1 is 1.25 bits per heavy atom. The molecule has 0 nitrogen and oxygen atoms in total. The summed E-state index contributed by atoms with van der Waals surface area (Å²) in [7, 11) is 0. The minimum absolute atomic E-state index is 0. The van der Waals surface area contributed by atoms with E-state index < -0.39 is 0 Å². The summed E-state index contributed by atoms with van der Waals surface area (Å²) < 4.78 is 0. The van der Waals surface area contributed by atoms with Gasteiger partial charge >= 0.3 is 0 Å². The molecular formula is C6H16S2. The van der Waals surface area contributed by atoms with Gasteiger partial charge in [-0.1, -0.05) is 34.6 Å². The molecule has 0 saturated heterocycles. The predicted molar refractivity (Wildman–Crippen MR) is 46.6 cm³/mol. The summed E-state index contributed by atoms with van der Waals surface area (Å²) in [4.78, 5) is 0. The van der Waals surface area contributed by atoms with Gasteiger partial charge in [-0.25, -0.2) is 0 Å². The Kier molecular flexibility index (Phi) is 30.9. The molecule has 2 heteroatoms. The second kappa shape index (κ2) is 15.7. The van der Waals surface area contributed by atoms with Gasteiger partial charge in [-0.3, -0.25) is 0 Å². The fourth-order valence-electron chi connectivity index (χ4n) is 0. The molecule has 0 spiro atoms. The zero-order chi connectivity index (χ0) is 6.28. The molecule has 8 heavy (non-hydrogen) atoms. The molecule has 0 unspecified atom stereocenters. The first-order valence-corrected chi connectivity index (χ1v) is 3.77. The van der Waals surface area contributed by atoms with Gasteiger partial charge in [0, 0.05) is 22.4 Å². The quantitative estimate of drug-likeness (QED) is 0.566. The molecule has 0 bridgehead atoms. The van der Waals surface area contributed by atoms with E-state index in [2.05, 4.69) is 43.1 Å². The van der Waals surface area contributed by atoms with E-state index in [9.17, 15) is 0 Å². The van der Waals surface area contributed by atoms with Crippen molar-refractivity contribution >= 4 is 22.4 Å². The molecule has 0 radical (unpaired) electrons. The molecule has 0 rings (SSSR count). The molecule has 0 N–H and O–H groups in total. The minimum Gasteiger partial charge on any atom is -0.0776 e. The van der Waals surface area contributed by atoms with Crippen LogP contribution in [0.1, 0.15) is 34.6 Å². The highest BCUT2D eigenvalue weighted by atomic mass is 32.8. The lowest BCUT2D eigenvalue weighted by molar-refractivity contribution is 0.626. The number of rotatable bonds is 1. The van der Waals surface area contributed by atoms with Crippen molar-refractivity contribution < 1.29 is 0 Å². The normalized spacial score (nSPS) is 6.50. The fourth-order valence-corrected chi connectivity index (χ4v) is 0. The summed E-state index contributed by atoms with van der Waals surface area (Å²) in [6, 6.07) is 0. The molecule has 0 aromatic rings. The van der Waals surface area contributed by atoms with Crippen LogP contribution in [0, 0.1) is 5.92 Å². The first-order chi connectivity index (χ1) is 3.27. The average molecular weight is 152 g/mol. The summed E-state index contributed by atoms with van der Waals surface area (Å²) in [6.45, 7) is 6.64. The van der Waals surface area contributed by atoms with Crippen LogP contribution in [-0.4, -0.2) is 0 Å². The molecule has 52 valence electrons. The standard InChI is InChI=1S/C5H12.CH4.S2/c1-4-5(2)3;;1-2/h5H,4H2,1-3H3;1H4;. The Bertz CT molecular complexity index is 27.7. The van der Waals surface area contributed by atoms with Gasteiger partial charge in [0.15, 0.2) is 0 Å². The van der Waals surface area contributed by atoms with E-state index >= 15 is 0 Å². The van der Waals surface area contributed by atoms with Crippen LogP contribution >= 0.6 is 0 Å². The molecule has 0 aromatic carbocycles. The highest BCUT2D eigenvalue weighted by Crippen LogP contribution is 1.93. The summed E-state index contributed by atoms with van der Waals surface area (Å²) >= 11 is 7.33. The molecule has 0 aliphatic heterocycles. The molecule has 0 saturated carbocycles. The summed E-state index contributed by atoms with van der Waals surface area (Å²) in [5.41, 5.74) is 0. The van der Waals surface area contributed by atoms with Crippen molar-refractivity contribution in [3.05, 3.63) is 0 Å². The van der Waals surface area contributed by atoms with Gasteiger partial charge in [0.05, 0.1) is 0 Å². The van der Waals surface area contributed by atoms with Crippen LogP contribution in [0.25, 0.3) is 0 Å². The highest BCUT2D eigenvalue weighted by Gasteiger charge is 1.80. The van der Waals surface area contributed by atoms with Crippen molar-refractivity contribution in [2.45, 2.75) is 34.6 Å². The Morgan fingerprint density at radius 3 is 1.38 bits per heavy atom. The molecular weight excluding hydrogens is 136 g/mol. The molecule has 0 fully saturated rings. The number of hydrogen-bond acceptors (Lipinski definition) is 2. The van der Waals surface area contributed by atoms with Crippen LogP contribution in [-0.2, 0) is 22.4 Å². The van der Waals surface area contributed by atoms with E-state index in [1.807, 2.05) is 0 Å². The Hall–Kier alpha value is 0.440. The van der Waals surface area contributed by atoms with Crippen LogP contribution in [0.4, 0.5) is 0 Å². The van der Waals surface area contributed by atoms with Gasteiger partial charge in [-0.15, -0.1) is 0 Å². The van der Waals surface area contributed by atoms with E-state index in [-0.39, 0.29) is 7.43 Å². The van der Waals surface area contributed by atoms with E-state index in [4.69, 9.17) is 0 Å². The molecule has 0 heterocycles. The smallest absolute Gasteiger partial charge is 0 e. The third-order valence-electron chi connectivity index (χ3n) is 0.816. The molecule has 0 aliphatic carbocycles. The van der Waals surface area contributed by atoms with Crippen molar-refractivity contribution in [3.8, 4) is 0 Å². The van der Waals surface area contributed by atoms with E-state index in [0.29, 0.717) is 0 Å². The predicted octanol–water partition coefficient (Wildman–Crippen LogP) is 2.68. The summed E-state index contributed by atoms with van der Waals surface area (Å²) in [5.74, 6) is 0.884. The summed E-state index contributed by atoms with van der Waals surface area (Å²) in [6.07, 6.45) is 1.31. The van der Waals surface area contributed by atoms with Crippen molar-refractivity contribution in [1.82, 2.24) is 0 Å². The minimum atomic E-state index is 0. The van der Waals surface area contributed by atoms with Gasteiger partial charge in [-0.05, 0) is 5.92 Å². The van der Waals surface area contributed by atoms with Crippen molar-refractivity contribution in [3.63, 3.8) is 0 Å². The molecule has 0 aromatic heterocycles. The van der Waals surface area contributed by atoms with Crippen LogP contribution in [0.3, 0.4) is 0 Å². The zero-order valence-electron chi connectivity index (χ0n) is 5.10. The third kappa shape index (κ3) is 32.0. The summed E-state index contributed by atoms with van der Waals surface area (Å²) in [5, 5.41) is 0. The second-order valence-corrected chi connectivity index (χ2v) is 1.80. The van der Waals surface area contributed by atoms with E-state index in [1.165, 1.54) is 6.42 Å². The number of hydrogen-bond donors (Lipinski definition) is 0. The van der Waals surface area contributed by atoms with Gasteiger partial charge in [0.2, 0.25) is 0 Å². The van der Waals surface area contributed by atoms with Crippen molar-refractivity contribution in [1.29, 1.82) is 0 Å². The molecule has 0 amide bonds. The van der Waals surface area contributed by atoms with Gasteiger partial charge in [0.25, 0.3) is 0 Å². The van der Waals surface area contributed by atoms with Crippen LogP contribution in [0.5, 0.6) is 0 Å². The third-order valence-corrected chi connectivity index (χ3v) is 0.816. The topological polar surface area (TPSA) is 0 Å². The lowest BCUT2D eigenvalue weighted by Gasteiger charge is -1.90. The lowest BCUT2D eigenvalue weighted by Crippen LogP contribution is -1.77. The van der Waals surface area contributed by atoms with Crippen LogP contribution in [0.15, 0.2) is 0 Å². The molecule has 0 atom stereocenters. The van der Waals surface area contributed by atoms with Crippen molar-refractivity contribution in [2.24, 2.45) is 5.92 Å². The molecule has 0 aliphatic rings. The van der Waals surface area contributed by atoms with Crippen molar-refractivity contribution in [2.75, 3.05) is 0 Å². The maximum Gasteiger partial charge on any atom is 0 e.